The highest BCUT2D eigenvalue weighted by molar-refractivity contribution is 7.99. The Morgan fingerprint density at radius 1 is 1.68 bits per heavy atom. The highest BCUT2D eigenvalue weighted by Gasteiger charge is 2.29. The van der Waals surface area contributed by atoms with Gasteiger partial charge in [0.1, 0.15) is 5.84 Å². The van der Waals surface area contributed by atoms with Gasteiger partial charge >= 0.3 is 5.69 Å². The standard InChI is InChI=1S/C11H19N5O2S/c1-11(2,8(12)15-18)5-6-19-10-14-13-9(17)16(10)7-3-4-7/h7,18H,3-6H2,1-2H3,(H2,12,15)(H,13,17). The van der Waals surface area contributed by atoms with Crippen molar-refractivity contribution in [1.29, 1.82) is 0 Å². The lowest BCUT2D eigenvalue weighted by atomic mass is 9.89. The minimum Gasteiger partial charge on any atom is -0.409 e. The second kappa shape index (κ2) is 5.28. The third-order valence-electron chi connectivity index (χ3n) is 3.34. The van der Waals surface area contributed by atoms with Gasteiger partial charge in [0.05, 0.1) is 0 Å². The molecule has 1 aromatic heterocycles. The molecule has 7 nitrogen and oxygen atoms in total. The van der Waals surface area contributed by atoms with Crippen LogP contribution < -0.4 is 11.4 Å². The van der Waals surface area contributed by atoms with Crippen molar-refractivity contribution in [1.82, 2.24) is 14.8 Å². The SMILES string of the molecule is CC(C)(CCSc1n[nH]c(=O)n1C1CC1)C(N)=NO. The first-order chi connectivity index (χ1) is 8.95. The van der Waals surface area contributed by atoms with Gasteiger partial charge in [-0.05, 0) is 19.3 Å². The third kappa shape index (κ3) is 3.12. The number of nitrogens with one attached hydrogen (secondary N) is 1. The van der Waals surface area contributed by atoms with Crippen molar-refractivity contribution in [2.75, 3.05) is 5.75 Å². The van der Waals surface area contributed by atoms with Crippen LogP contribution in [-0.4, -0.2) is 31.6 Å². The topological polar surface area (TPSA) is 109 Å². The highest BCUT2D eigenvalue weighted by atomic mass is 32.2. The number of aromatic nitrogens is 3. The minimum atomic E-state index is -0.372. The molecule has 0 amide bonds. The van der Waals surface area contributed by atoms with Crippen LogP contribution in [0.1, 0.15) is 39.2 Å². The first kappa shape index (κ1) is 14.0. The largest absolute Gasteiger partial charge is 0.409 e. The Kier molecular flexibility index (Phi) is 3.88. The zero-order valence-corrected chi connectivity index (χ0v) is 11.9. The molecule has 0 unspecified atom stereocenters. The fraction of sp³-hybridized carbons (Fsp3) is 0.727. The summed E-state index contributed by atoms with van der Waals surface area (Å²) in [6.45, 7) is 3.84. The normalized spacial score (nSPS) is 16.8. The Morgan fingerprint density at radius 3 is 2.95 bits per heavy atom. The van der Waals surface area contributed by atoms with Crippen LogP contribution in [0.4, 0.5) is 0 Å². The highest BCUT2D eigenvalue weighted by Crippen LogP contribution is 2.36. The summed E-state index contributed by atoms with van der Waals surface area (Å²) in [6, 6.07) is 0.311. The Hall–Kier alpha value is -1.44. The van der Waals surface area contributed by atoms with Crippen LogP contribution in [0.3, 0.4) is 0 Å². The van der Waals surface area contributed by atoms with E-state index in [9.17, 15) is 4.79 Å². The molecule has 0 aromatic carbocycles. The van der Waals surface area contributed by atoms with Crippen molar-refractivity contribution in [3.8, 4) is 0 Å². The summed E-state index contributed by atoms with van der Waals surface area (Å²) in [5.74, 6) is 0.968. The number of H-pyrrole nitrogens is 1. The maximum absolute atomic E-state index is 11.6. The van der Waals surface area contributed by atoms with Gasteiger partial charge in [-0.1, -0.05) is 30.8 Å². The van der Waals surface area contributed by atoms with E-state index in [2.05, 4.69) is 15.4 Å². The lowest BCUT2D eigenvalue weighted by Gasteiger charge is -2.22. The van der Waals surface area contributed by atoms with E-state index in [-0.39, 0.29) is 16.9 Å². The lowest BCUT2D eigenvalue weighted by Crippen LogP contribution is -2.32. The Morgan fingerprint density at radius 2 is 2.37 bits per heavy atom. The molecule has 0 aliphatic heterocycles. The Bertz CT molecular complexity index is 529. The number of amidine groups is 1. The van der Waals surface area contributed by atoms with Crippen LogP contribution >= 0.6 is 11.8 Å². The van der Waals surface area contributed by atoms with Crippen molar-refractivity contribution >= 4 is 17.6 Å². The van der Waals surface area contributed by atoms with Gasteiger partial charge < -0.3 is 10.9 Å². The average molecular weight is 285 g/mol. The lowest BCUT2D eigenvalue weighted by molar-refractivity contribution is 0.307. The van der Waals surface area contributed by atoms with Crippen LogP contribution in [0.5, 0.6) is 0 Å². The van der Waals surface area contributed by atoms with E-state index in [0.29, 0.717) is 6.04 Å². The quantitative estimate of drug-likeness (QED) is 0.239. The number of nitrogens with zero attached hydrogens (tertiary/aromatic N) is 3. The third-order valence-corrected chi connectivity index (χ3v) is 4.30. The Balaban J connectivity index is 1.95. The maximum Gasteiger partial charge on any atom is 0.344 e. The number of rotatable bonds is 6. The van der Waals surface area contributed by atoms with E-state index < -0.39 is 0 Å². The van der Waals surface area contributed by atoms with Crippen molar-refractivity contribution in [2.45, 2.75) is 44.3 Å². The Labute approximate surface area is 115 Å². The van der Waals surface area contributed by atoms with Gasteiger partial charge in [-0.3, -0.25) is 4.57 Å². The number of oxime groups is 1. The predicted octanol–water partition coefficient (Wildman–Crippen LogP) is 1.16. The van der Waals surface area contributed by atoms with Gasteiger partial charge in [0.25, 0.3) is 0 Å². The molecule has 19 heavy (non-hydrogen) atoms. The average Bonchev–Trinajstić information content (AvgIpc) is 3.13. The molecule has 0 saturated heterocycles. The van der Waals surface area contributed by atoms with E-state index in [4.69, 9.17) is 10.9 Å². The molecule has 1 heterocycles. The molecule has 2 rings (SSSR count). The van der Waals surface area contributed by atoms with Crippen LogP contribution in [0.15, 0.2) is 15.1 Å². The zero-order valence-electron chi connectivity index (χ0n) is 11.1. The van der Waals surface area contributed by atoms with Gasteiger partial charge in [0, 0.05) is 17.2 Å². The fourth-order valence-electron chi connectivity index (χ4n) is 1.71. The van der Waals surface area contributed by atoms with Crippen LogP contribution in [0.2, 0.25) is 0 Å². The number of nitrogens with two attached hydrogens (primary N) is 1. The summed E-state index contributed by atoms with van der Waals surface area (Å²) >= 11 is 1.52. The summed E-state index contributed by atoms with van der Waals surface area (Å²) in [6.07, 6.45) is 2.82. The molecule has 106 valence electrons. The molecular weight excluding hydrogens is 266 g/mol. The first-order valence-corrected chi connectivity index (χ1v) is 7.22. The number of aromatic amines is 1. The molecule has 0 radical (unpaired) electrons. The summed E-state index contributed by atoms with van der Waals surface area (Å²) < 4.78 is 1.72. The molecule has 1 aromatic rings. The second-order valence-corrected chi connectivity index (χ2v) is 6.44. The molecule has 1 aliphatic rings. The summed E-state index contributed by atoms with van der Waals surface area (Å²) in [4.78, 5) is 11.6. The van der Waals surface area contributed by atoms with Gasteiger partial charge in [-0.2, -0.15) is 0 Å². The van der Waals surface area contributed by atoms with Gasteiger partial charge in [-0.15, -0.1) is 5.10 Å². The summed E-state index contributed by atoms with van der Waals surface area (Å²) in [5.41, 5.74) is 5.13. The molecule has 0 spiro atoms. The van der Waals surface area contributed by atoms with Gasteiger partial charge in [-0.25, -0.2) is 9.89 Å². The smallest absolute Gasteiger partial charge is 0.344 e. The van der Waals surface area contributed by atoms with E-state index in [1.54, 1.807) is 4.57 Å². The predicted molar refractivity (Wildman–Crippen MR) is 73.6 cm³/mol. The van der Waals surface area contributed by atoms with E-state index >= 15 is 0 Å². The number of hydrogen-bond donors (Lipinski definition) is 3. The van der Waals surface area contributed by atoms with Crippen molar-refractivity contribution < 1.29 is 5.21 Å². The molecule has 4 N–H and O–H groups in total. The molecular formula is C11H19N5O2S. The van der Waals surface area contributed by atoms with Crippen molar-refractivity contribution in [2.24, 2.45) is 16.3 Å². The van der Waals surface area contributed by atoms with E-state index in [1.807, 2.05) is 13.8 Å². The van der Waals surface area contributed by atoms with Crippen molar-refractivity contribution in [3.63, 3.8) is 0 Å². The van der Waals surface area contributed by atoms with Crippen molar-refractivity contribution in [3.05, 3.63) is 10.5 Å². The molecule has 0 atom stereocenters. The van der Waals surface area contributed by atoms with Crippen LogP contribution in [-0.2, 0) is 0 Å². The molecule has 0 bridgehead atoms. The summed E-state index contributed by atoms with van der Waals surface area (Å²) in [5, 5.41) is 19.0. The minimum absolute atomic E-state index is 0.138. The fourth-order valence-corrected chi connectivity index (χ4v) is 2.98. The summed E-state index contributed by atoms with van der Waals surface area (Å²) in [7, 11) is 0. The van der Waals surface area contributed by atoms with Gasteiger partial charge in [0.2, 0.25) is 0 Å². The molecule has 1 aliphatic carbocycles. The zero-order chi connectivity index (χ0) is 14.0. The van der Waals surface area contributed by atoms with Gasteiger partial charge in [0.15, 0.2) is 5.16 Å². The van der Waals surface area contributed by atoms with Crippen LogP contribution in [0.25, 0.3) is 0 Å². The van der Waals surface area contributed by atoms with E-state index in [0.717, 1.165) is 30.2 Å². The molecule has 1 fully saturated rings. The number of hydrogen-bond acceptors (Lipinski definition) is 5. The molecule has 1 saturated carbocycles. The second-order valence-electron chi connectivity index (χ2n) is 5.38. The molecule has 8 heteroatoms. The monoisotopic (exact) mass is 285 g/mol. The van der Waals surface area contributed by atoms with E-state index in [1.165, 1.54) is 11.8 Å². The maximum atomic E-state index is 11.6. The van der Waals surface area contributed by atoms with Crippen LogP contribution in [0, 0.1) is 5.41 Å². The number of thioether (sulfide) groups is 1. The first-order valence-electron chi connectivity index (χ1n) is 6.23.